The smallest absolute Gasteiger partial charge is 0.251 e. The van der Waals surface area contributed by atoms with Crippen molar-refractivity contribution in [1.82, 2.24) is 5.32 Å². The quantitative estimate of drug-likeness (QED) is 0.808. The number of amides is 1. The number of aryl methyl sites for hydroxylation is 1. The molecule has 1 aromatic rings. The summed E-state index contributed by atoms with van der Waals surface area (Å²) in [5, 5.41) is 3.08. The molecule has 0 saturated heterocycles. The molecule has 1 amide bonds. The molecule has 19 heavy (non-hydrogen) atoms. The van der Waals surface area contributed by atoms with Gasteiger partial charge in [0.05, 0.1) is 0 Å². The van der Waals surface area contributed by atoms with E-state index in [-0.39, 0.29) is 5.91 Å². The van der Waals surface area contributed by atoms with Crippen LogP contribution < -0.4 is 5.32 Å². The summed E-state index contributed by atoms with van der Waals surface area (Å²) in [6.07, 6.45) is 5.08. The Kier molecular flexibility index (Phi) is 4.92. The number of hydrogen-bond acceptors (Lipinski definition) is 2. The first kappa shape index (κ1) is 14.4. The van der Waals surface area contributed by atoms with Gasteiger partial charge in [0.25, 0.3) is 5.91 Å². The van der Waals surface area contributed by atoms with Crippen LogP contribution in [-0.4, -0.2) is 12.5 Å². The standard InChI is InChI=1S/C16H23NOS/c1-11-3-6-13(7-4-11)10-17-16(18)15-9-14(19)8-5-12(15)2/h5,8-9,11,13,19H,3-4,6-7,10H2,1-2H3,(H,17,18). The SMILES string of the molecule is Cc1ccc(S)cc1C(=O)NCC1CCC(C)CC1. The molecule has 3 heteroatoms. The monoisotopic (exact) mass is 277 g/mol. The predicted molar refractivity (Wildman–Crippen MR) is 81.9 cm³/mol. The van der Waals surface area contributed by atoms with E-state index in [0.29, 0.717) is 5.92 Å². The van der Waals surface area contributed by atoms with Gasteiger partial charge in [-0.2, -0.15) is 0 Å². The number of benzene rings is 1. The molecule has 104 valence electrons. The van der Waals surface area contributed by atoms with Crippen LogP contribution in [-0.2, 0) is 0 Å². The Morgan fingerprint density at radius 3 is 2.68 bits per heavy atom. The molecular weight excluding hydrogens is 254 g/mol. The Morgan fingerprint density at radius 1 is 1.32 bits per heavy atom. The number of rotatable bonds is 3. The van der Waals surface area contributed by atoms with E-state index < -0.39 is 0 Å². The van der Waals surface area contributed by atoms with Crippen molar-refractivity contribution in [2.24, 2.45) is 11.8 Å². The molecule has 0 aromatic heterocycles. The van der Waals surface area contributed by atoms with Crippen LogP contribution in [0.2, 0.25) is 0 Å². The minimum Gasteiger partial charge on any atom is -0.352 e. The molecular formula is C16H23NOS. The molecule has 1 aromatic carbocycles. The maximum atomic E-state index is 12.2. The molecule has 1 saturated carbocycles. The summed E-state index contributed by atoms with van der Waals surface area (Å²) in [4.78, 5) is 13.0. The zero-order valence-electron chi connectivity index (χ0n) is 11.8. The minimum atomic E-state index is 0.0343. The van der Waals surface area contributed by atoms with E-state index in [0.717, 1.165) is 28.5 Å². The van der Waals surface area contributed by atoms with Gasteiger partial charge in [-0.1, -0.05) is 25.8 Å². The molecule has 1 aliphatic carbocycles. The van der Waals surface area contributed by atoms with Gasteiger partial charge in [0, 0.05) is 17.0 Å². The largest absolute Gasteiger partial charge is 0.352 e. The van der Waals surface area contributed by atoms with Crippen LogP contribution in [0.25, 0.3) is 0 Å². The highest BCUT2D eigenvalue weighted by Crippen LogP contribution is 2.27. The zero-order chi connectivity index (χ0) is 13.8. The number of carbonyl (C=O) groups excluding carboxylic acids is 1. The number of nitrogens with one attached hydrogen (secondary N) is 1. The second kappa shape index (κ2) is 6.47. The van der Waals surface area contributed by atoms with Crippen LogP contribution in [0.1, 0.15) is 48.5 Å². The van der Waals surface area contributed by atoms with Crippen molar-refractivity contribution in [2.45, 2.75) is 44.4 Å². The van der Waals surface area contributed by atoms with Crippen LogP contribution in [0.15, 0.2) is 23.1 Å². The van der Waals surface area contributed by atoms with Crippen LogP contribution in [0, 0.1) is 18.8 Å². The van der Waals surface area contributed by atoms with Gasteiger partial charge in [0.15, 0.2) is 0 Å². The van der Waals surface area contributed by atoms with Crippen molar-refractivity contribution in [3.05, 3.63) is 29.3 Å². The molecule has 1 fully saturated rings. The van der Waals surface area contributed by atoms with Crippen LogP contribution in [0.4, 0.5) is 0 Å². The molecule has 0 unspecified atom stereocenters. The summed E-state index contributed by atoms with van der Waals surface area (Å²) in [5.41, 5.74) is 1.75. The van der Waals surface area contributed by atoms with Gasteiger partial charge in [0.1, 0.15) is 0 Å². The lowest BCUT2D eigenvalue weighted by molar-refractivity contribution is 0.0941. The first-order valence-corrected chi connectivity index (χ1v) is 7.59. The lowest BCUT2D eigenvalue weighted by Gasteiger charge is -2.26. The molecule has 0 heterocycles. The molecule has 1 aliphatic rings. The number of carbonyl (C=O) groups is 1. The second-order valence-electron chi connectivity index (χ2n) is 5.84. The highest BCUT2D eigenvalue weighted by molar-refractivity contribution is 7.80. The van der Waals surface area contributed by atoms with Gasteiger partial charge in [-0.3, -0.25) is 4.79 Å². The van der Waals surface area contributed by atoms with Crippen molar-refractivity contribution < 1.29 is 4.79 Å². The Balaban J connectivity index is 1.89. The van der Waals surface area contributed by atoms with Crippen LogP contribution >= 0.6 is 12.6 Å². The molecule has 0 radical (unpaired) electrons. The first-order chi connectivity index (χ1) is 9.06. The van der Waals surface area contributed by atoms with Gasteiger partial charge < -0.3 is 5.32 Å². The summed E-state index contributed by atoms with van der Waals surface area (Å²) in [7, 11) is 0. The fraction of sp³-hybridized carbons (Fsp3) is 0.562. The average molecular weight is 277 g/mol. The second-order valence-corrected chi connectivity index (χ2v) is 6.35. The zero-order valence-corrected chi connectivity index (χ0v) is 12.7. The summed E-state index contributed by atoms with van der Waals surface area (Å²) < 4.78 is 0. The van der Waals surface area contributed by atoms with Crippen LogP contribution in [0.5, 0.6) is 0 Å². The first-order valence-electron chi connectivity index (χ1n) is 7.14. The van der Waals surface area contributed by atoms with Gasteiger partial charge in [-0.25, -0.2) is 0 Å². The highest BCUT2D eigenvalue weighted by Gasteiger charge is 2.19. The van der Waals surface area contributed by atoms with Gasteiger partial charge in [0.2, 0.25) is 0 Å². The third kappa shape index (κ3) is 4.00. The molecule has 0 bridgehead atoms. The Labute approximate surface area is 121 Å². The maximum absolute atomic E-state index is 12.2. The summed E-state index contributed by atoms with van der Waals surface area (Å²) in [5.74, 6) is 1.54. The summed E-state index contributed by atoms with van der Waals surface area (Å²) in [6, 6.07) is 5.70. The third-order valence-electron chi connectivity index (χ3n) is 4.15. The van der Waals surface area contributed by atoms with Crippen molar-refractivity contribution in [3.63, 3.8) is 0 Å². The van der Waals surface area contributed by atoms with E-state index in [1.807, 2.05) is 25.1 Å². The molecule has 0 atom stereocenters. The van der Waals surface area contributed by atoms with Crippen molar-refractivity contribution in [1.29, 1.82) is 0 Å². The predicted octanol–water partition coefficient (Wildman–Crippen LogP) is 3.84. The van der Waals surface area contributed by atoms with Crippen molar-refractivity contribution in [2.75, 3.05) is 6.54 Å². The molecule has 0 aliphatic heterocycles. The lowest BCUT2D eigenvalue weighted by atomic mass is 9.83. The summed E-state index contributed by atoms with van der Waals surface area (Å²) >= 11 is 4.30. The Bertz CT molecular complexity index is 450. The molecule has 0 spiro atoms. The molecule has 2 nitrogen and oxygen atoms in total. The third-order valence-corrected chi connectivity index (χ3v) is 4.43. The van der Waals surface area contributed by atoms with Crippen LogP contribution in [0.3, 0.4) is 0 Å². The van der Waals surface area contributed by atoms with E-state index in [1.165, 1.54) is 25.7 Å². The van der Waals surface area contributed by atoms with E-state index in [9.17, 15) is 4.79 Å². The maximum Gasteiger partial charge on any atom is 0.251 e. The van der Waals surface area contributed by atoms with E-state index in [1.54, 1.807) is 0 Å². The van der Waals surface area contributed by atoms with Gasteiger partial charge in [-0.15, -0.1) is 12.6 Å². The Morgan fingerprint density at radius 2 is 2.00 bits per heavy atom. The van der Waals surface area contributed by atoms with E-state index in [2.05, 4.69) is 24.9 Å². The van der Waals surface area contributed by atoms with Gasteiger partial charge in [-0.05, 0) is 49.3 Å². The lowest BCUT2D eigenvalue weighted by Crippen LogP contribution is -2.31. The number of thiol groups is 1. The van der Waals surface area contributed by atoms with E-state index in [4.69, 9.17) is 0 Å². The van der Waals surface area contributed by atoms with Crippen molar-refractivity contribution >= 4 is 18.5 Å². The summed E-state index contributed by atoms with van der Waals surface area (Å²) in [6.45, 7) is 5.09. The Hall–Kier alpha value is -0.960. The fourth-order valence-electron chi connectivity index (χ4n) is 2.72. The topological polar surface area (TPSA) is 29.1 Å². The highest BCUT2D eigenvalue weighted by atomic mass is 32.1. The molecule has 2 rings (SSSR count). The average Bonchev–Trinajstić information content (AvgIpc) is 2.40. The van der Waals surface area contributed by atoms with E-state index >= 15 is 0 Å². The van der Waals surface area contributed by atoms with Gasteiger partial charge >= 0.3 is 0 Å². The molecule has 1 N–H and O–H groups in total. The fourth-order valence-corrected chi connectivity index (χ4v) is 2.92. The minimum absolute atomic E-state index is 0.0343. The number of hydrogen-bond donors (Lipinski definition) is 2. The van der Waals surface area contributed by atoms with Crippen molar-refractivity contribution in [3.8, 4) is 0 Å². The normalized spacial score (nSPS) is 23.1.